The predicted octanol–water partition coefficient (Wildman–Crippen LogP) is 2.62. The summed E-state index contributed by atoms with van der Waals surface area (Å²) in [4.78, 5) is 19.0. The Balaban J connectivity index is 2.01. The van der Waals surface area contributed by atoms with Gasteiger partial charge < -0.3 is 5.32 Å². The highest BCUT2D eigenvalue weighted by Crippen LogP contribution is 2.40. The number of nitriles is 1. The SMILES string of the molecule is CSC1C(=O)N(C)C(=N)N[C@]1(C)c1cc(-c2cncc(C#N)c2)cs1. The number of nitrogens with zero attached hydrogens (tertiary/aromatic N) is 3. The molecule has 0 spiro atoms. The molecule has 8 heteroatoms. The highest BCUT2D eigenvalue weighted by molar-refractivity contribution is 8.00. The molecule has 1 aliphatic rings. The monoisotopic (exact) mass is 371 g/mol. The summed E-state index contributed by atoms with van der Waals surface area (Å²) < 4.78 is 0. The maximum atomic E-state index is 12.6. The number of hydrogen-bond acceptors (Lipinski definition) is 6. The van der Waals surface area contributed by atoms with Gasteiger partial charge in [0.05, 0.1) is 11.1 Å². The van der Waals surface area contributed by atoms with Crippen molar-refractivity contribution in [2.24, 2.45) is 0 Å². The molecular weight excluding hydrogens is 354 g/mol. The first-order valence-electron chi connectivity index (χ1n) is 7.52. The van der Waals surface area contributed by atoms with Gasteiger partial charge in [-0.1, -0.05) is 0 Å². The summed E-state index contributed by atoms with van der Waals surface area (Å²) in [5.41, 5.74) is 1.65. The van der Waals surface area contributed by atoms with Crippen LogP contribution in [0.25, 0.3) is 11.1 Å². The number of aromatic nitrogens is 1. The van der Waals surface area contributed by atoms with Crippen LogP contribution < -0.4 is 5.32 Å². The molecule has 3 rings (SSSR count). The second-order valence-electron chi connectivity index (χ2n) is 5.96. The molecule has 2 atom stereocenters. The second-order valence-corrected chi connectivity index (χ2v) is 7.82. The van der Waals surface area contributed by atoms with Gasteiger partial charge in [-0.2, -0.15) is 5.26 Å². The summed E-state index contributed by atoms with van der Waals surface area (Å²) >= 11 is 3.01. The van der Waals surface area contributed by atoms with Gasteiger partial charge in [-0.3, -0.25) is 20.1 Å². The zero-order chi connectivity index (χ0) is 18.2. The fraction of sp³-hybridized carbons (Fsp3) is 0.294. The van der Waals surface area contributed by atoms with Crippen molar-refractivity contribution in [1.29, 1.82) is 10.7 Å². The number of rotatable bonds is 3. The molecule has 2 aromatic heterocycles. The van der Waals surface area contributed by atoms with Crippen molar-refractivity contribution in [2.75, 3.05) is 13.3 Å². The minimum absolute atomic E-state index is 0.0816. The van der Waals surface area contributed by atoms with E-state index in [-0.39, 0.29) is 17.1 Å². The molecule has 1 aliphatic heterocycles. The van der Waals surface area contributed by atoms with Crippen molar-refractivity contribution in [3.63, 3.8) is 0 Å². The molecule has 1 unspecified atom stereocenters. The smallest absolute Gasteiger partial charge is 0.244 e. The first-order valence-corrected chi connectivity index (χ1v) is 9.69. The maximum Gasteiger partial charge on any atom is 0.244 e. The molecule has 25 heavy (non-hydrogen) atoms. The zero-order valence-electron chi connectivity index (χ0n) is 14.0. The van der Waals surface area contributed by atoms with Crippen LogP contribution in [0.2, 0.25) is 0 Å². The average molecular weight is 371 g/mol. The lowest BCUT2D eigenvalue weighted by atomic mass is 9.91. The van der Waals surface area contributed by atoms with Crippen LogP contribution in [0.1, 0.15) is 17.4 Å². The summed E-state index contributed by atoms with van der Waals surface area (Å²) in [6.07, 6.45) is 5.15. The fourth-order valence-corrected chi connectivity index (χ4v) is 5.03. The summed E-state index contributed by atoms with van der Waals surface area (Å²) in [6.45, 7) is 1.95. The minimum atomic E-state index is -0.663. The summed E-state index contributed by atoms with van der Waals surface area (Å²) in [7, 11) is 1.61. The number of hydrogen-bond donors (Lipinski definition) is 2. The fourth-order valence-electron chi connectivity index (χ4n) is 2.87. The average Bonchev–Trinajstić information content (AvgIpc) is 3.11. The van der Waals surface area contributed by atoms with Crippen LogP contribution in [0.5, 0.6) is 0 Å². The van der Waals surface area contributed by atoms with Crippen LogP contribution in [-0.2, 0) is 10.3 Å². The summed E-state index contributed by atoms with van der Waals surface area (Å²) in [5.74, 6) is 0.0164. The van der Waals surface area contributed by atoms with E-state index in [1.54, 1.807) is 19.3 Å². The third-order valence-electron chi connectivity index (χ3n) is 4.34. The van der Waals surface area contributed by atoms with E-state index in [4.69, 9.17) is 10.7 Å². The van der Waals surface area contributed by atoms with Gasteiger partial charge in [0.25, 0.3) is 0 Å². The molecule has 128 valence electrons. The zero-order valence-corrected chi connectivity index (χ0v) is 15.7. The van der Waals surface area contributed by atoms with Crippen molar-refractivity contribution in [3.8, 4) is 17.2 Å². The van der Waals surface area contributed by atoms with E-state index in [9.17, 15) is 4.79 Å². The van der Waals surface area contributed by atoms with Gasteiger partial charge in [-0.15, -0.1) is 23.1 Å². The van der Waals surface area contributed by atoms with E-state index >= 15 is 0 Å². The van der Waals surface area contributed by atoms with Crippen molar-refractivity contribution in [3.05, 3.63) is 40.3 Å². The first kappa shape index (κ1) is 17.5. The van der Waals surface area contributed by atoms with E-state index in [1.165, 1.54) is 34.2 Å². The van der Waals surface area contributed by atoms with Crippen LogP contribution >= 0.6 is 23.1 Å². The van der Waals surface area contributed by atoms with Crippen molar-refractivity contribution >= 4 is 35.0 Å². The molecule has 2 aromatic rings. The van der Waals surface area contributed by atoms with Gasteiger partial charge in [0, 0.05) is 29.9 Å². The largest absolute Gasteiger partial charge is 0.344 e. The van der Waals surface area contributed by atoms with E-state index in [1.807, 2.05) is 24.6 Å². The lowest BCUT2D eigenvalue weighted by molar-refractivity contribution is -0.128. The van der Waals surface area contributed by atoms with Crippen molar-refractivity contribution < 1.29 is 4.79 Å². The number of nitrogens with one attached hydrogen (secondary N) is 2. The van der Waals surface area contributed by atoms with E-state index in [2.05, 4.69) is 16.4 Å². The number of pyridine rings is 1. The van der Waals surface area contributed by atoms with Crippen molar-refractivity contribution in [2.45, 2.75) is 17.7 Å². The second kappa shape index (κ2) is 6.50. The molecule has 6 nitrogen and oxygen atoms in total. The standard InChI is InChI=1S/C17H17N5OS2/c1-17(14(24-3)15(23)22(2)16(19)21-17)13-5-12(9-25-13)11-4-10(6-18)7-20-8-11/h4-5,7-9,14H,1-3H3,(H2,19,21)/t14?,17-/m1/s1. The number of amides is 1. The molecule has 1 amide bonds. The Kier molecular flexibility index (Phi) is 4.54. The minimum Gasteiger partial charge on any atom is -0.344 e. The molecule has 1 fully saturated rings. The number of guanidine groups is 1. The van der Waals surface area contributed by atoms with Gasteiger partial charge in [0.1, 0.15) is 11.3 Å². The summed E-state index contributed by atoms with van der Waals surface area (Å²) in [5, 5.41) is 22.0. The normalized spacial score (nSPS) is 23.3. The molecule has 3 heterocycles. The molecule has 2 N–H and O–H groups in total. The van der Waals surface area contributed by atoms with Crippen LogP contribution in [0.4, 0.5) is 0 Å². The third-order valence-corrected chi connectivity index (χ3v) is 6.65. The highest BCUT2D eigenvalue weighted by atomic mass is 32.2. The number of thioether (sulfide) groups is 1. The van der Waals surface area contributed by atoms with Gasteiger partial charge >= 0.3 is 0 Å². The molecule has 0 bridgehead atoms. The number of thiophene rings is 1. The lowest BCUT2D eigenvalue weighted by Gasteiger charge is -2.44. The first-order chi connectivity index (χ1) is 11.9. The Morgan fingerprint density at radius 3 is 2.88 bits per heavy atom. The molecule has 1 saturated heterocycles. The Hall–Kier alpha value is -2.37. The Labute approximate surface area is 154 Å². The van der Waals surface area contributed by atoms with Gasteiger partial charge in [-0.05, 0) is 36.3 Å². The van der Waals surface area contributed by atoms with Crippen molar-refractivity contribution in [1.82, 2.24) is 15.2 Å². The topological polar surface area (TPSA) is 92.9 Å². The van der Waals surface area contributed by atoms with Gasteiger partial charge in [0.2, 0.25) is 5.91 Å². The molecule has 0 aliphatic carbocycles. The quantitative estimate of drug-likeness (QED) is 0.865. The van der Waals surface area contributed by atoms with E-state index < -0.39 is 5.54 Å². The molecule has 0 aromatic carbocycles. The van der Waals surface area contributed by atoms with E-state index in [0.717, 1.165) is 16.0 Å². The molecular formula is C17H17N5OS2. The Bertz CT molecular complexity index is 887. The van der Waals surface area contributed by atoms with Gasteiger partial charge in [-0.25, -0.2) is 0 Å². The van der Waals surface area contributed by atoms with Gasteiger partial charge in [0.15, 0.2) is 5.96 Å². The van der Waals surface area contributed by atoms with Crippen LogP contribution in [-0.4, -0.2) is 40.3 Å². The van der Waals surface area contributed by atoms with E-state index in [0.29, 0.717) is 5.56 Å². The van der Waals surface area contributed by atoms with Crippen LogP contribution in [0.15, 0.2) is 29.9 Å². The predicted molar refractivity (Wildman–Crippen MR) is 101 cm³/mol. The lowest BCUT2D eigenvalue weighted by Crippen LogP contribution is -2.65. The number of carbonyl (C=O) groups excluding carboxylic acids is 1. The van der Waals surface area contributed by atoms with Crippen LogP contribution in [0, 0.1) is 16.7 Å². The summed E-state index contributed by atoms with van der Waals surface area (Å²) in [6, 6.07) is 5.89. The molecule has 0 saturated carbocycles. The molecule has 0 radical (unpaired) electrons. The Morgan fingerprint density at radius 2 is 2.20 bits per heavy atom. The highest BCUT2D eigenvalue weighted by Gasteiger charge is 2.48. The Morgan fingerprint density at radius 1 is 1.44 bits per heavy atom. The number of carbonyl (C=O) groups is 1. The maximum absolute atomic E-state index is 12.6. The third kappa shape index (κ3) is 2.90. The van der Waals surface area contributed by atoms with Crippen LogP contribution in [0.3, 0.4) is 0 Å².